The zero-order valence-electron chi connectivity index (χ0n) is 21.8. The molecular weight excluding hydrogens is 468 g/mol. The summed E-state index contributed by atoms with van der Waals surface area (Å²) >= 11 is 0. The second-order valence-electron chi connectivity index (χ2n) is 10.7. The Hall–Kier alpha value is -2.82. The monoisotopic (exact) mass is 504 g/mol. The number of aromatic nitrogens is 4. The van der Waals surface area contributed by atoms with Crippen molar-refractivity contribution in [1.82, 2.24) is 24.4 Å². The van der Waals surface area contributed by atoms with Crippen molar-refractivity contribution < 1.29 is 9.47 Å². The van der Waals surface area contributed by atoms with Gasteiger partial charge in [0, 0.05) is 64.8 Å². The lowest BCUT2D eigenvalue weighted by atomic mass is 9.94. The molecule has 0 saturated carbocycles. The Bertz CT molecular complexity index is 1250. The first-order chi connectivity index (χ1) is 18.2. The van der Waals surface area contributed by atoms with E-state index in [0.717, 1.165) is 87.3 Å². The van der Waals surface area contributed by atoms with Crippen LogP contribution in [0.15, 0.2) is 29.3 Å². The summed E-state index contributed by atoms with van der Waals surface area (Å²) in [6.07, 6.45) is 11.7. The van der Waals surface area contributed by atoms with Crippen molar-refractivity contribution >= 4 is 28.8 Å². The van der Waals surface area contributed by atoms with Crippen LogP contribution in [0.1, 0.15) is 37.9 Å². The lowest BCUT2D eigenvalue weighted by Gasteiger charge is -2.45. The first-order valence-corrected chi connectivity index (χ1v) is 13.8. The van der Waals surface area contributed by atoms with Gasteiger partial charge in [-0.05, 0) is 12.8 Å². The van der Waals surface area contributed by atoms with Crippen molar-refractivity contribution in [2.45, 2.75) is 50.2 Å². The molecule has 0 radical (unpaired) electrons. The van der Waals surface area contributed by atoms with Gasteiger partial charge in [-0.1, -0.05) is 31.2 Å². The maximum absolute atomic E-state index is 5.66. The van der Waals surface area contributed by atoms with Gasteiger partial charge in [0.1, 0.15) is 11.7 Å². The fourth-order valence-corrected chi connectivity index (χ4v) is 6.40. The van der Waals surface area contributed by atoms with Gasteiger partial charge >= 0.3 is 0 Å². The molecule has 2 aromatic rings. The summed E-state index contributed by atoms with van der Waals surface area (Å²) in [6, 6.07) is 0.865. The highest BCUT2D eigenvalue weighted by Gasteiger charge is 2.39. The van der Waals surface area contributed by atoms with Crippen molar-refractivity contribution in [3.63, 3.8) is 0 Å². The fraction of sp³-hybridized carbons (Fsp3) is 0.630. The summed E-state index contributed by atoms with van der Waals surface area (Å²) in [6.45, 7) is 9.03. The van der Waals surface area contributed by atoms with Crippen LogP contribution in [-0.4, -0.2) is 101 Å². The number of amidine groups is 1. The van der Waals surface area contributed by atoms with E-state index in [1.54, 1.807) is 0 Å². The van der Waals surface area contributed by atoms with Crippen LogP contribution in [0.5, 0.6) is 0 Å². The maximum Gasteiger partial charge on any atom is 0.235 e. The summed E-state index contributed by atoms with van der Waals surface area (Å²) < 4.78 is 13.4. The minimum absolute atomic E-state index is 0.110. The lowest BCUT2D eigenvalue weighted by molar-refractivity contribution is 0.0000149. The van der Waals surface area contributed by atoms with Crippen molar-refractivity contribution in [1.29, 1.82) is 0 Å². The molecule has 7 rings (SSSR count). The molecule has 4 aliphatic heterocycles. The average Bonchev–Trinajstić information content (AvgIpc) is 3.46. The van der Waals surface area contributed by atoms with E-state index >= 15 is 0 Å². The minimum Gasteiger partial charge on any atom is -0.381 e. The van der Waals surface area contributed by atoms with E-state index in [1.807, 2.05) is 0 Å². The predicted octanol–water partition coefficient (Wildman–Crippen LogP) is 2.27. The van der Waals surface area contributed by atoms with Crippen LogP contribution in [0.25, 0.3) is 11.2 Å². The molecule has 3 saturated heterocycles. The zero-order valence-corrected chi connectivity index (χ0v) is 21.8. The molecular formula is C27H36N8O2. The highest BCUT2D eigenvalue weighted by molar-refractivity contribution is 6.00. The molecule has 0 spiro atoms. The van der Waals surface area contributed by atoms with Gasteiger partial charge in [0.15, 0.2) is 17.0 Å². The van der Waals surface area contributed by atoms with E-state index in [9.17, 15) is 0 Å². The third-order valence-corrected chi connectivity index (χ3v) is 8.50. The molecule has 10 heteroatoms. The number of anilines is 2. The number of fused-ring (bicyclic) bond motifs is 2. The molecule has 0 N–H and O–H groups in total. The fourth-order valence-electron chi connectivity index (χ4n) is 6.40. The Labute approximate surface area is 217 Å². The quantitative estimate of drug-likeness (QED) is 0.613. The lowest BCUT2D eigenvalue weighted by Crippen LogP contribution is -2.52. The number of hydrogen-bond donors (Lipinski definition) is 0. The van der Waals surface area contributed by atoms with Crippen LogP contribution in [0.2, 0.25) is 0 Å². The molecule has 0 amide bonds. The molecule has 1 aliphatic carbocycles. The molecule has 196 valence electrons. The average molecular weight is 505 g/mol. The second-order valence-corrected chi connectivity index (χ2v) is 10.7. The number of rotatable bonds is 5. The topological polar surface area (TPSA) is 84.1 Å². The number of allylic oxidation sites excluding steroid dienone is 2. The zero-order chi connectivity index (χ0) is 24.9. The predicted molar refractivity (Wildman–Crippen MR) is 144 cm³/mol. The van der Waals surface area contributed by atoms with Crippen LogP contribution in [0, 0.1) is 0 Å². The Morgan fingerprint density at radius 1 is 0.946 bits per heavy atom. The van der Waals surface area contributed by atoms with Gasteiger partial charge in [-0.25, -0.2) is 4.98 Å². The molecule has 5 aliphatic rings. The van der Waals surface area contributed by atoms with E-state index < -0.39 is 0 Å². The highest BCUT2D eigenvalue weighted by atomic mass is 16.5. The Morgan fingerprint density at radius 3 is 2.49 bits per heavy atom. The third kappa shape index (κ3) is 3.97. The number of nitrogens with zero attached hydrogens (tertiary/aromatic N) is 8. The van der Waals surface area contributed by atoms with E-state index in [4.69, 9.17) is 29.4 Å². The van der Waals surface area contributed by atoms with Gasteiger partial charge in [0.05, 0.1) is 25.3 Å². The molecule has 2 unspecified atom stereocenters. The first-order valence-electron chi connectivity index (χ1n) is 13.8. The van der Waals surface area contributed by atoms with Gasteiger partial charge in [0.2, 0.25) is 5.95 Å². The van der Waals surface area contributed by atoms with Crippen LogP contribution in [-0.2, 0) is 16.5 Å². The number of morpholine rings is 1. The molecule has 10 nitrogen and oxygen atoms in total. The number of imidazole rings is 1. The standard InChI is InChI=1S/C27H36N8O2/c1-3-22-28-20-6-4-5-7-21(20)35(22)27-30-25-23(26(31-27)33-10-14-37-15-11-33)29-24(32(25)2)18-16-34(17-18)19-8-12-36-13-9-19/h4-7,18-21H,3,8-17H2,1-2H3. The molecule has 3 fully saturated rings. The number of ether oxygens (including phenoxy) is 2. The van der Waals surface area contributed by atoms with Gasteiger partial charge in [-0.3, -0.25) is 14.8 Å². The number of aryl methyl sites for hydroxylation is 1. The Morgan fingerprint density at radius 2 is 1.70 bits per heavy atom. The molecule has 0 aromatic carbocycles. The minimum atomic E-state index is 0.110. The third-order valence-electron chi connectivity index (χ3n) is 8.50. The number of aliphatic imine (C=N–C) groups is 1. The van der Waals surface area contributed by atoms with Gasteiger partial charge in [-0.2, -0.15) is 9.97 Å². The molecule has 37 heavy (non-hydrogen) atoms. The summed E-state index contributed by atoms with van der Waals surface area (Å²) in [4.78, 5) is 27.7. The maximum atomic E-state index is 5.66. The molecule has 0 bridgehead atoms. The van der Waals surface area contributed by atoms with E-state index in [-0.39, 0.29) is 12.1 Å². The van der Waals surface area contributed by atoms with E-state index in [2.05, 4.69) is 57.5 Å². The summed E-state index contributed by atoms with van der Waals surface area (Å²) in [5.74, 6) is 4.20. The van der Waals surface area contributed by atoms with Crippen molar-refractivity contribution in [3.05, 3.63) is 30.1 Å². The van der Waals surface area contributed by atoms with Gasteiger partial charge in [-0.15, -0.1) is 0 Å². The summed E-state index contributed by atoms with van der Waals surface area (Å²) in [5, 5.41) is 0. The van der Waals surface area contributed by atoms with Gasteiger partial charge in [0.25, 0.3) is 0 Å². The number of likely N-dealkylation sites (tertiary alicyclic amines) is 1. The Kier molecular flexibility index (Phi) is 5.98. The summed E-state index contributed by atoms with van der Waals surface area (Å²) in [7, 11) is 2.12. The number of hydrogen-bond acceptors (Lipinski definition) is 9. The van der Waals surface area contributed by atoms with Crippen LogP contribution < -0.4 is 9.80 Å². The molecule has 6 heterocycles. The van der Waals surface area contributed by atoms with E-state index in [1.165, 1.54) is 0 Å². The van der Waals surface area contributed by atoms with Crippen molar-refractivity contribution in [3.8, 4) is 0 Å². The Balaban J connectivity index is 1.26. The highest BCUT2D eigenvalue weighted by Crippen LogP contribution is 2.36. The normalized spacial score (nSPS) is 27.1. The first kappa shape index (κ1) is 23.3. The molecule has 2 atom stereocenters. The van der Waals surface area contributed by atoms with Crippen LogP contribution in [0.4, 0.5) is 11.8 Å². The summed E-state index contributed by atoms with van der Waals surface area (Å²) in [5.41, 5.74) is 1.80. The second kappa shape index (κ2) is 9.49. The van der Waals surface area contributed by atoms with Crippen LogP contribution in [0.3, 0.4) is 0 Å². The van der Waals surface area contributed by atoms with Crippen molar-refractivity contribution in [2.75, 3.05) is 62.4 Å². The largest absolute Gasteiger partial charge is 0.381 e. The SMILES string of the molecule is CCC1=NC2C=CC=CC2N1c1nc(N2CCOCC2)c2nc(C3CN(C4CCOCC4)C3)n(C)c2n1. The molecule has 2 aromatic heterocycles. The van der Waals surface area contributed by atoms with E-state index in [0.29, 0.717) is 31.1 Å². The van der Waals surface area contributed by atoms with Crippen LogP contribution >= 0.6 is 0 Å². The van der Waals surface area contributed by atoms with Gasteiger partial charge < -0.3 is 18.9 Å². The van der Waals surface area contributed by atoms with Crippen molar-refractivity contribution in [2.24, 2.45) is 12.0 Å². The smallest absolute Gasteiger partial charge is 0.235 e.